The zero-order chi connectivity index (χ0) is 14.0. The van der Waals surface area contributed by atoms with E-state index in [1.165, 1.54) is 6.92 Å². The third-order valence-corrected chi connectivity index (χ3v) is 3.06. The molecule has 19 heavy (non-hydrogen) atoms. The number of rotatable bonds is 3. The maximum absolute atomic E-state index is 11.4. The number of carbonyl (C=O) groups is 2. The third-order valence-electron chi connectivity index (χ3n) is 3.06. The summed E-state index contributed by atoms with van der Waals surface area (Å²) in [7, 11) is 0. The number of benzene rings is 2. The fourth-order valence-electron chi connectivity index (χ4n) is 2.00. The highest BCUT2D eigenvalue weighted by atomic mass is 16.4. The van der Waals surface area contributed by atoms with Gasteiger partial charge in [-0.25, -0.2) is 4.79 Å². The Hall–Kier alpha value is -2.42. The van der Waals surface area contributed by atoms with E-state index >= 15 is 0 Å². The monoisotopic (exact) mass is 254 g/mol. The van der Waals surface area contributed by atoms with Crippen LogP contribution in [0.2, 0.25) is 0 Å². The van der Waals surface area contributed by atoms with Crippen LogP contribution in [0.4, 0.5) is 0 Å². The van der Waals surface area contributed by atoms with Crippen LogP contribution in [0.25, 0.3) is 11.1 Å². The minimum atomic E-state index is -0.929. The molecule has 1 N–H and O–H groups in total. The molecule has 0 saturated heterocycles. The number of aromatic carboxylic acids is 1. The van der Waals surface area contributed by atoms with E-state index in [4.69, 9.17) is 5.11 Å². The number of hydrogen-bond donors (Lipinski definition) is 1. The van der Waals surface area contributed by atoms with Crippen molar-refractivity contribution in [3.63, 3.8) is 0 Å². The highest BCUT2D eigenvalue weighted by Gasteiger charge is 2.08. The number of hydrogen-bond acceptors (Lipinski definition) is 2. The molecular weight excluding hydrogens is 240 g/mol. The Morgan fingerprint density at radius 3 is 2.26 bits per heavy atom. The summed E-state index contributed by atoms with van der Waals surface area (Å²) in [5.74, 6) is -0.915. The zero-order valence-electron chi connectivity index (χ0n) is 10.8. The van der Waals surface area contributed by atoms with Gasteiger partial charge in [-0.3, -0.25) is 4.79 Å². The van der Waals surface area contributed by atoms with Crippen LogP contribution >= 0.6 is 0 Å². The molecule has 0 radical (unpaired) electrons. The molecule has 0 atom stereocenters. The highest BCUT2D eigenvalue weighted by molar-refractivity contribution is 5.95. The number of Topliss-reactive ketones (excluding diaryl/α,β-unsaturated/α-hetero) is 1. The average Bonchev–Trinajstić information content (AvgIpc) is 2.38. The van der Waals surface area contributed by atoms with Gasteiger partial charge in [0.2, 0.25) is 0 Å². The summed E-state index contributed by atoms with van der Waals surface area (Å²) in [5, 5.41) is 9.00. The molecule has 96 valence electrons. The summed E-state index contributed by atoms with van der Waals surface area (Å²) in [6, 6.07) is 12.5. The van der Waals surface area contributed by atoms with E-state index in [0.29, 0.717) is 16.7 Å². The normalized spacial score (nSPS) is 10.2. The van der Waals surface area contributed by atoms with Gasteiger partial charge < -0.3 is 5.11 Å². The van der Waals surface area contributed by atoms with Crippen molar-refractivity contribution < 1.29 is 14.7 Å². The van der Waals surface area contributed by atoms with Crippen LogP contribution in [0.15, 0.2) is 42.5 Å². The molecule has 0 aliphatic carbocycles. The van der Waals surface area contributed by atoms with Gasteiger partial charge in [0, 0.05) is 5.56 Å². The number of aryl methyl sites for hydroxylation is 1. The standard InChI is InChI=1S/C16H14O3/c1-10-8-14(6-7-15(10)16(18)19)13-5-3-4-12(9-13)11(2)17/h3-9H,1-2H3,(H,18,19). The molecule has 0 aromatic heterocycles. The molecule has 2 aromatic carbocycles. The quantitative estimate of drug-likeness (QED) is 0.852. The summed E-state index contributed by atoms with van der Waals surface area (Å²) in [4.78, 5) is 22.3. The first-order valence-electron chi connectivity index (χ1n) is 5.94. The summed E-state index contributed by atoms with van der Waals surface area (Å²) < 4.78 is 0. The first kappa shape index (κ1) is 13.0. The topological polar surface area (TPSA) is 54.4 Å². The Morgan fingerprint density at radius 2 is 1.68 bits per heavy atom. The SMILES string of the molecule is CC(=O)c1cccc(-c2ccc(C(=O)O)c(C)c2)c1. The molecule has 3 nitrogen and oxygen atoms in total. The van der Waals surface area contributed by atoms with Gasteiger partial charge in [0.1, 0.15) is 0 Å². The molecule has 2 rings (SSSR count). The van der Waals surface area contributed by atoms with Crippen LogP contribution in [-0.2, 0) is 0 Å². The summed E-state index contributed by atoms with van der Waals surface area (Å²) in [6.07, 6.45) is 0. The third kappa shape index (κ3) is 2.71. The van der Waals surface area contributed by atoms with Gasteiger partial charge in [0.15, 0.2) is 5.78 Å². The molecule has 2 aromatic rings. The minimum absolute atomic E-state index is 0.0146. The fourth-order valence-corrected chi connectivity index (χ4v) is 2.00. The smallest absolute Gasteiger partial charge is 0.335 e. The second kappa shape index (κ2) is 5.06. The molecule has 0 fully saturated rings. The zero-order valence-corrected chi connectivity index (χ0v) is 10.8. The van der Waals surface area contributed by atoms with Gasteiger partial charge in [-0.05, 0) is 42.7 Å². The number of carboxylic acids is 1. The first-order chi connectivity index (χ1) is 8.99. The van der Waals surface area contributed by atoms with Crippen molar-refractivity contribution in [3.8, 4) is 11.1 Å². The van der Waals surface area contributed by atoms with Gasteiger partial charge in [0.05, 0.1) is 5.56 Å². The van der Waals surface area contributed by atoms with Crippen molar-refractivity contribution >= 4 is 11.8 Å². The lowest BCUT2D eigenvalue weighted by molar-refractivity contribution is 0.0696. The summed E-state index contributed by atoms with van der Waals surface area (Å²) >= 11 is 0. The lowest BCUT2D eigenvalue weighted by Crippen LogP contribution is -1.99. The Labute approximate surface area is 111 Å². The maximum Gasteiger partial charge on any atom is 0.335 e. The fraction of sp³-hybridized carbons (Fsp3) is 0.125. The van der Waals surface area contributed by atoms with Crippen molar-refractivity contribution in [1.82, 2.24) is 0 Å². The van der Waals surface area contributed by atoms with E-state index < -0.39 is 5.97 Å². The Balaban J connectivity index is 2.48. The van der Waals surface area contributed by atoms with Gasteiger partial charge in [-0.1, -0.05) is 30.3 Å². The molecule has 0 aliphatic heterocycles. The van der Waals surface area contributed by atoms with Gasteiger partial charge >= 0.3 is 5.97 Å². The van der Waals surface area contributed by atoms with E-state index in [0.717, 1.165) is 11.1 Å². The molecule has 0 bridgehead atoms. The number of carboxylic acid groups (broad SMARTS) is 1. The van der Waals surface area contributed by atoms with Crippen molar-refractivity contribution in [2.24, 2.45) is 0 Å². The molecule has 0 saturated carbocycles. The lowest BCUT2D eigenvalue weighted by Gasteiger charge is -2.07. The molecule has 3 heteroatoms. The summed E-state index contributed by atoms with van der Waals surface area (Å²) in [5.41, 5.74) is 3.47. The first-order valence-corrected chi connectivity index (χ1v) is 5.94. The van der Waals surface area contributed by atoms with Crippen LogP contribution in [-0.4, -0.2) is 16.9 Å². The second-order valence-electron chi connectivity index (χ2n) is 4.47. The summed E-state index contributed by atoms with van der Waals surface area (Å²) in [6.45, 7) is 3.29. The maximum atomic E-state index is 11.4. The molecule has 0 unspecified atom stereocenters. The van der Waals surface area contributed by atoms with Crippen molar-refractivity contribution in [2.45, 2.75) is 13.8 Å². The molecule has 0 heterocycles. The largest absolute Gasteiger partial charge is 0.478 e. The van der Waals surface area contributed by atoms with E-state index in [9.17, 15) is 9.59 Å². The second-order valence-corrected chi connectivity index (χ2v) is 4.47. The van der Waals surface area contributed by atoms with E-state index in [1.54, 1.807) is 25.1 Å². The number of ketones is 1. The van der Waals surface area contributed by atoms with Gasteiger partial charge in [-0.15, -0.1) is 0 Å². The van der Waals surface area contributed by atoms with Gasteiger partial charge in [0.25, 0.3) is 0 Å². The van der Waals surface area contributed by atoms with Gasteiger partial charge in [-0.2, -0.15) is 0 Å². The Kier molecular flexibility index (Phi) is 3.47. The van der Waals surface area contributed by atoms with Crippen LogP contribution in [0.5, 0.6) is 0 Å². The molecular formula is C16H14O3. The molecule has 0 amide bonds. The number of carbonyl (C=O) groups excluding carboxylic acids is 1. The predicted octanol–water partition coefficient (Wildman–Crippen LogP) is 3.56. The van der Waals surface area contributed by atoms with Crippen LogP contribution < -0.4 is 0 Å². The molecule has 0 spiro atoms. The van der Waals surface area contributed by atoms with Crippen molar-refractivity contribution in [3.05, 3.63) is 59.2 Å². The van der Waals surface area contributed by atoms with Crippen LogP contribution in [0.3, 0.4) is 0 Å². The predicted molar refractivity (Wildman–Crippen MR) is 73.6 cm³/mol. The van der Waals surface area contributed by atoms with Crippen LogP contribution in [0.1, 0.15) is 33.2 Å². The highest BCUT2D eigenvalue weighted by Crippen LogP contribution is 2.23. The molecule has 0 aliphatic rings. The van der Waals surface area contributed by atoms with E-state index in [1.807, 2.05) is 24.3 Å². The van der Waals surface area contributed by atoms with E-state index in [2.05, 4.69) is 0 Å². The average molecular weight is 254 g/mol. The lowest BCUT2D eigenvalue weighted by atomic mass is 9.98. The van der Waals surface area contributed by atoms with E-state index in [-0.39, 0.29) is 5.78 Å². The van der Waals surface area contributed by atoms with Crippen molar-refractivity contribution in [2.75, 3.05) is 0 Å². The Bertz CT molecular complexity index is 657. The Morgan fingerprint density at radius 1 is 1.00 bits per heavy atom. The van der Waals surface area contributed by atoms with Crippen molar-refractivity contribution in [1.29, 1.82) is 0 Å². The van der Waals surface area contributed by atoms with Crippen LogP contribution in [0, 0.1) is 6.92 Å². The minimum Gasteiger partial charge on any atom is -0.478 e.